The minimum atomic E-state index is -3.80. The molecule has 0 aliphatic rings. The van der Waals surface area contributed by atoms with E-state index >= 15 is 0 Å². The van der Waals surface area contributed by atoms with Gasteiger partial charge < -0.3 is 13.9 Å². The molecule has 0 saturated carbocycles. The third kappa shape index (κ3) is 5.91. The summed E-state index contributed by atoms with van der Waals surface area (Å²) in [5.41, 5.74) is 0. The maximum atomic E-state index is 12.3. The average molecular weight is 469 g/mol. The van der Waals surface area contributed by atoms with Crippen LogP contribution in [0.2, 0.25) is 10.0 Å². The largest absolute Gasteiger partial charge is 0.494 e. The van der Waals surface area contributed by atoms with Gasteiger partial charge >= 0.3 is 0 Å². The van der Waals surface area contributed by atoms with E-state index in [-0.39, 0.29) is 11.5 Å². The number of furan rings is 1. The van der Waals surface area contributed by atoms with E-state index in [2.05, 4.69) is 9.93 Å². The number of hydrazone groups is 1. The predicted octanol–water partition coefficient (Wildman–Crippen LogP) is 4.88. The molecule has 158 valence electrons. The highest BCUT2D eigenvalue weighted by Crippen LogP contribution is 2.26. The van der Waals surface area contributed by atoms with E-state index in [1.54, 1.807) is 42.5 Å². The fourth-order valence-corrected chi connectivity index (χ4v) is 3.44. The Bertz CT molecular complexity index is 1130. The van der Waals surface area contributed by atoms with E-state index < -0.39 is 10.0 Å². The highest BCUT2D eigenvalue weighted by Gasteiger charge is 2.12. The van der Waals surface area contributed by atoms with Crippen LogP contribution in [-0.2, 0) is 16.6 Å². The van der Waals surface area contributed by atoms with Crippen LogP contribution in [0.15, 0.2) is 69.0 Å². The molecule has 0 aliphatic carbocycles. The Hall–Kier alpha value is -2.68. The predicted molar refractivity (Wildman–Crippen MR) is 115 cm³/mol. The van der Waals surface area contributed by atoms with E-state index in [0.717, 1.165) is 0 Å². The van der Waals surface area contributed by atoms with Crippen molar-refractivity contribution in [2.24, 2.45) is 5.10 Å². The van der Waals surface area contributed by atoms with Gasteiger partial charge in [0.05, 0.1) is 27.8 Å². The van der Waals surface area contributed by atoms with Crippen LogP contribution in [0.5, 0.6) is 11.5 Å². The van der Waals surface area contributed by atoms with Gasteiger partial charge in [0, 0.05) is 6.07 Å². The van der Waals surface area contributed by atoms with E-state index in [0.29, 0.717) is 39.7 Å². The first-order valence-corrected chi connectivity index (χ1v) is 11.1. The van der Waals surface area contributed by atoms with Crippen molar-refractivity contribution >= 4 is 39.4 Å². The van der Waals surface area contributed by atoms with Crippen molar-refractivity contribution in [3.8, 4) is 11.5 Å². The third-order valence-corrected chi connectivity index (χ3v) is 5.74. The number of hydrogen-bond donors (Lipinski definition) is 1. The summed E-state index contributed by atoms with van der Waals surface area (Å²) in [6, 6.07) is 14.3. The van der Waals surface area contributed by atoms with Crippen LogP contribution in [0.4, 0.5) is 0 Å². The van der Waals surface area contributed by atoms with Gasteiger partial charge in [0.1, 0.15) is 29.6 Å². The van der Waals surface area contributed by atoms with Crippen molar-refractivity contribution in [2.75, 3.05) is 6.61 Å². The molecule has 0 spiro atoms. The smallest absolute Gasteiger partial charge is 0.276 e. The quantitative estimate of drug-likeness (QED) is 0.357. The van der Waals surface area contributed by atoms with Crippen LogP contribution < -0.4 is 14.3 Å². The second-order valence-electron chi connectivity index (χ2n) is 5.93. The van der Waals surface area contributed by atoms with Gasteiger partial charge in [-0.15, -0.1) is 0 Å². The first-order chi connectivity index (χ1) is 14.4. The zero-order valence-corrected chi connectivity index (χ0v) is 18.2. The number of hydrogen-bond acceptors (Lipinski definition) is 6. The van der Waals surface area contributed by atoms with Crippen molar-refractivity contribution in [1.29, 1.82) is 0 Å². The molecule has 0 radical (unpaired) electrons. The fraction of sp³-hybridized carbons (Fsp3) is 0.150. The Balaban J connectivity index is 1.56. The summed E-state index contributed by atoms with van der Waals surface area (Å²) in [6.07, 6.45) is 1.26. The van der Waals surface area contributed by atoms with Crippen molar-refractivity contribution in [3.05, 3.63) is 76.2 Å². The second-order valence-corrected chi connectivity index (χ2v) is 8.40. The molecule has 1 N–H and O–H groups in total. The molecule has 1 heterocycles. The average Bonchev–Trinajstić information content (AvgIpc) is 3.17. The molecule has 7 nitrogen and oxygen atoms in total. The van der Waals surface area contributed by atoms with Crippen molar-refractivity contribution in [3.63, 3.8) is 0 Å². The molecular weight excluding hydrogens is 451 g/mol. The van der Waals surface area contributed by atoms with Crippen molar-refractivity contribution < 1.29 is 22.3 Å². The van der Waals surface area contributed by atoms with Crippen LogP contribution in [0, 0.1) is 0 Å². The molecule has 10 heteroatoms. The van der Waals surface area contributed by atoms with Crippen LogP contribution in [0.25, 0.3) is 0 Å². The molecule has 0 saturated heterocycles. The number of benzene rings is 2. The zero-order valence-electron chi connectivity index (χ0n) is 15.8. The number of nitrogens with zero attached hydrogens (tertiary/aromatic N) is 1. The lowest BCUT2D eigenvalue weighted by atomic mass is 10.3. The molecule has 0 aliphatic heterocycles. The maximum Gasteiger partial charge on any atom is 0.276 e. The Kier molecular flexibility index (Phi) is 7.25. The summed E-state index contributed by atoms with van der Waals surface area (Å²) < 4.78 is 41.0. The van der Waals surface area contributed by atoms with E-state index in [9.17, 15) is 8.42 Å². The van der Waals surface area contributed by atoms with Gasteiger partial charge in [-0.1, -0.05) is 23.2 Å². The maximum absolute atomic E-state index is 12.3. The van der Waals surface area contributed by atoms with Crippen LogP contribution >= 0.6 is 23.2 Å². The van der Waals surface area contributed by atoms with E-state index in [1.165, 1.54) is 18.3 Å². The van der Waals surface area contributed by atoms with Gasteiger partial charge in [0.15, 0.2) is 0 Å². The standard InChI is InChI=1S/C20H18Cl2N2O5S/c1-2-27-14-5-8-18(9-6-14)30(25,26)24-23-12-16-3-4-17(29-16)13-28-15-7-10-19(21)20(22)11-15/h3-12,24H,2,13H2,1H3/b23-12+. The Labute approximate surface area is 184 Å². The van der Waals surface area contributed by atoms with Gasteiger partial charge in [0.25, 0.3) is 10.0 Å². The van der Waals surface area contributed by atoms with Crippen LogP contribution in [-0.4, -0.2) is 21.2 Å². The second kappa shape index (κ2) is 9.88. The molecule has 3 aromatic rings. The molecule has 1 aromatic heterocycles. The molecule has 0 bridgehead atoms. The monoisotopic (exact) mass is 468 g/mol. The number of sulfonamides is 1. The molecule has 0 fully saturated rings. The lowest BCUT2D eigenvalue weighted by molar-refractivity contribution is 0.270. The summed E-state index contributed by atoms with van der Waals surface area (Å²) >= 11 is 11.8. The van der Waals surface area contributed by atoms with E-state index in [1.807, 2.05) is 6.92 Å². The summed E-state index contributed by atoms with van der Waals surface area (Å²) in [5, 5.41) is 4.57. The lowest BCUT2D eigenvalue weighted by Gasteiger charge is -2.05. The Morgan fingerprint density at radius 1 is 1.00 bits per heavy atom. The first kappa shape index (κ1) is 22.0. The summed E-state index contributed by atoms with van der Waals surface area (Å²) in [6.45, 7) is 2.50. The fourth-order valence-electron chi connectivity index (χ4n) is 2.36. The molecular formula is C20H18Cl2N2O5S. The molecule has 0 atom stereocenters. The molecule has 30 heavy (non-hydrogen) atoms. The van der Waals surface area contributed by atoms with E-state index in [4.69, 9.17) is 37.1 Å². The molecule has 0 amide bonds. The van der Waals surface area contributed by atoms with Gasteiger partial charge in [-0.05, 0) is 55.5 Å². The summed E-state index contributed by atoms with van der Waals surface area (Å²) in [7, 11) is -3.80. The third-order valence-electron chi connectivity index (χ3n) is 3.76. The summed E-state index contributed by atoms with van der Waals surface area (Å²) in [4.78, 5) is 2.20. The number of ether oxygens (including phenoxy) is 2. The van der Waals surface area contributed by atoms with Gasteiger partial charge in [-0.25, -0.2) is 0 Å². The Morgan fingerprint density at radius 2 is 1.73 bits per heavy atom. The van der Waals surface area contributed by atoms with Gasteiger partial charge in [-0.2, -0.15) is 18.4 Å². The number of halogens is 2. The zero-order chi connectivity index (χ0) is 21.6. The molecule has 2 aromatic carbocycles. The topological polar surface area (TPSA) is 90.1 Å². The highest BCUT2D eigenvalue weighted by molar-refractivity contribution is 7.89. The first-order valence-electron chi connectivity index (χ1n) is 8.81. The molecule has 0 unspecified atom stereocenters. The summed E-state index contributed by atoms with van der Waals surface area (Å²) in [5.74, 6) is 2.01. The minimum Gasteiger partial charge on any atom is -0.494 e. The SMILES string of the molecule is CCOc1ccc(S(=O)(=O)N/N=C/c2ccc(COc3ccc(Cl)c(Cl)c3)o2)cc1. The minimum absolute atomic E-state index is 0.0678. The number of rotatable bonds is 9. The molecule has 3 rings (SSSR count). The van der Waals surface area contributed by atoms with Crippen LogP contribution in [0.3, 0.4) is 0 Å². The number of nitrogens with one attached hydrogen (secondary N) is 1. The normalized spacial score (nSPS) is 11.6. The van der Waals surface area contributed by atoms with Gasteiger partial charge in [-0.3, -0.25) is 0 Å². The highest BCUT2D eigenvalue weighted by atomic mass is 35.5. The van der Waals surface area contributed by atoms with Gasteiger partial charge in [0.2, 0.25) is 0 Å². The van der Waals surface area contributed by atoms with Crippen molar-refractivity contribution in [2.45, 2.75) is 18.4 Å². The van der Waals surface area contributed by atoms with Crippen molar-refractivity contribution in [1.82, 2.24) is 4.83 Å². The van der Waals surface area contributed by atoms with Crippen LogP contribution in [0.1, 0.15) is 18.4 Å². The lowest BCUT2D eigenvalue weighted by Crippen LogP contribution is -2.18. The Morgan fingerprint density at radius 3 is 2.43 bits per heavy atom.